The first-order chi connectivity index (χ1) is 7.95. The van der Waals surface area contributed by atoms with Crippen LogP contribution in [0.5, 0.6) is 0 Å². The van der Waals surface area contributed by atoms with Crippen LogP contribution in [0.2, 0.25) is 5.02 Å². The lowest BCUT2D eigenvalue weighted by Gasteiger charge is -2.21. The molecule has 1 aromatic rings. The van der Waals surface area contributed by atoms with Crippen LogP contribution in [-0.4, -0.2) is 22.7 Å². The molecule has 0 fully saturated rings. The Bertz CT molecular complexity index is 410. The Kier molecular flexibility index (Phi) is 4.72. The van der Waals surface area contributed by atoms with Crippen molar-refractivity contribution in [2.45, 2.75) is 19.9 Å². The van der Waals surface area contributed by atoms with Gasteiger partial charge in [0.05, 0.1) is 17.6 Å². The fourth-order valence-electron chi connectivity index (χ4n) is 1.41. The number of nitrogens with zero attached hydrogens (tertiary/aromatic N) is 1. The maximum atomic E-state index is 10.8. The Morgan fingerprint density at radius 2 is 2.18 bits per heavy atom. The number of anilines is 1. The van der Waals surface area contributed by atoms with Crippen molar-refractivity contribution in [3.8, 4) is 0 Å². The van der Waals surface area contributed by atoms with Crippen LogP contribution in [0.25, 0.3) is 0 Å². The van der Waals surface area contributed by atoms with Crippen molar-refractivity contribution in [1.82, 2.24) is 0 Å². The van der Waals surface area contributed by atoms with Crippen LogP contribution in [-0.2, 0) is 0 Å². The van der Waals surface area contributed by atoms with E-state index in [1.165, 1.54) is 18.2 Å². The Hall–Kier alpha value is -1.33. The summed E-state index contributed by atoms with van der Waals surface area (Å²) in [5, 5.41) is 23.4. The SMILES string of the molecule is CC(C)[C@@H](CO)Nc1cc(Cl)ccc1[N+](=O)[O-]. The van der Waals surface area contributed by atoms with Crippen LogP contribution in [0.3, 0.4) is 0 Å². The minimum Gasteiger partial charge on any atom is -0.394 e. The van der Waals surface area contributed by atoms with E-state index in [0.29, 0.717) is 10.7 Å². The van der Waals surface area contributed by atoms with E-state index in [9.17, 15) is 15.2 Å². The Balaban J connectivity index is 3.03. The van der Waals surface area contributed by atoms with Crippen molar-refractivity contribution in [2.24, 2.45) is 5.92 Å². The molecule has 5 nitrogen and oxygen atoms in total. The van der Waals surface area contributed by atoms with Gasteiger partial charge in [-0.1, -0.05) is 25.4 Å². The summed E-state index contributed by atoms with van der Waals surface area (Å²) in [4.78, 5) is 10.4. The Morgan fingerprint density at radius 1 is 1.53 bits per heavy atom. The normalized spacial score (nSPS) is 12.5. The number of nitrogens with one attached hydrogen (secondary N) is 1. The molecule has 0 aromatic heterocycles. The standard InChI is InChI=1S/C11H15ClN2O3/c1-7(2)10(6-15)13-9-5-8(12)3-4-11(9)14(16)17/h3-5,7,10,13,15H,6H2,1-2H3/t10-/m1/s1. The third-order valence-corrected chi connectivity index (χ3v) is 2.73. The zero-order valence-corrected chi connectivity index (χ0v) is 10.4. The molecule has 0 spiro atoms. The average Bonchev–Trinajstić information content (AvgIpc) is 2.25. The predicted octanol–water partition coefficient (Wildman–Crippen LogP) is 2.68. The van der Waals surface area contributed by atoms with Gasteiger partial charge < -0.3 is 10.4 Å². The molecule has 0 amide bonds. The smallest absolute Gasteiger partial charge is 0.292 e. The molecular formula is C11H15ClN2O3. The molecule has 0 aliphatic carbocycles. The lowest BCUT2D eigenvalue weighted by molar-refractivity contribution is -0.384. The molecule has 0 aliphatic rings. The first-order valence-corrected chi connectivity index (χ1v) is 5.64. The topological polar surface area (TPSA) is 75.4 Å². The van der Waals surface area contributed by atoms with Gasteiger partial charge in [0.1, 0.15) is 5.69 Å². The summed E-state index contributed by atoms with van der Waals surface area (Å²) in [5.41, 5.74) is 0.281. The molecule has 0 radical (unpaired) electrons. The van der Waals surface area contributed by atoms with Crippen molar-refractivity contribution < 1.29 is 10.0 Å². The molecule has 94 valence electrons. The van der Waals surface area contributed by atoms with Crippen molar-refractivity contribution in [1.29, 1.82) is 0 Å². The molecule has 0 aliphatic heterocycles. The minimum absolute atomic E-state index is 0.0477. The number of hydrogen-bond acceptors (Lipinski definition) is 4. The van der Waals surface area contributed by atoms with Crippen LogP contribution in [0.1, 0.15) is 13.8 Å². The second-order valence-corrected chi connectivity index (χ2v) is 4.53. The van der Waals surface area contributed by atoms with Gasteiger partial charge in [-0.15, -0.1) is 0 Å². The third kappa shape index (κ3) is 3.57. The van der Waals surface area contributed by atoms with Gasteiger partial charge in [-0.25, -0.2) is 0 Å². The van der Waals surface area contributed by atoms with Gasteiger partial charge >= 0.3 is 0 Å². The van der Waals surface area contributed by atoms with E-state index in [1.807, 2.05) is 13.8 Å². The number of nitro groups is 1. The maximum Gasteiger partial charge on any atom is 0.292 e. The first-order valence-electron chi connectivity index (χ1n) is 5.27. The monoisotopic (exact) mass is 258 g/mol. The van der Waals surface area contributed by atoms with Crippen LogP contribution in [0, 0.1) is 16.0 Å². The molecule has 1 atom stereocenters. The van der Waals surface area contributed by atoms with Crippen LogP contribution in [0.4, 0.5) is 11.4 Å². The summed E-state index contributed by atoms with van der Waals surface area (Å²) < 4.78 is 0. The Morgan fingerprint density at radius 3 is 2.65 bits per heavy atom. The number of hydrogen-bond donors (Lipinski definition) is 2. The molecule has 1 rings (SSSR count). The summed E-state index contributed by atoms with van der Waals surface area (Å²) in [7, 11) is 0. The lowest BCUT2D eigenvalue weighted by atomic mass is 10.0. The highest BCUT2D eigenvalue weighted by Crippen LogP contribution is 2.28. The number of halogens is 1. The average molecular weight is 259 g/mol. The highest BCUT2D eigenvalue weighted by Gasteiger charge is 2.19. The van der Waals surface area contributed by atoms with E-state index in [2.05, 4.69) is 5.32 Å². The molecule has 0 unspecified atom stereocenters. The zero-order valence-electron chi connectivity index (χ0n) is 9.68. The second kappa shape index (κ2) is 5.84. The van der Waals surface area contributed by atoms with Crippen LogP contribution in [0.15, 0.2) is 18.2 Å². The lowest BCUT2D eigenvalue weighted by Crippen LogP contribution is -2.29. The molecule has 0 saturated heterocycles. The highest BCUT2D eigenvalue weighted by molar-refractivity contribution is 6.31. The van der Waals surface area contributed by atoms with Crippen molar-refractivity contribution in [2.75, 3.05) is 11.9 Å². The van der Waals surface area contributed by atoms with Gasteiger partial charge in [-0.3, -0.25) is 10.1 Å². The Labute approximate surface area is 105 Å². The number of aliphatic hydroxyl groups excluding tert-OH is 1. The maximum absolute atomic E-state index is 10.8. The van der Waals surface area contributed by atoms with E-state index in [0.717, 1.165) is 0 Å². The van der Waals surface area contributed by atoms with E-state index >= 15 is 0 Å². The molecular weight excluding hydrogens is 244 g/mol. The number of aliphatic hydroxyl groups is 1. The molecule has 17 heavy (non-hydrogen) atoms. The van der Waals surface area contributed by atoms with E-state index in [4.69, 9.17) is 11.6 Å². The van der Waals surface area contributed by atoms with E-state index in [1.54, 1.807) is 0 Å². The number of nitro benzene ring substituents is 1. The quantitative estimate of drug-likeness (QED) is 0.629. The van der Waals surface area contributed by atoms with Crippen LogP contribution < -0.4 is 5.32 Å². The first kappa shape index (κ1) is 13.7. The molecule has 6 heteroatoms. The predicted molar refractivity (Wildman–Crippen MR) is 67.4 cm³/mol. The van der Waals surface area contributed by atoms with E-state index < -0.39 is 4.92 Å². The summed E-state index contributed by atoms with van der Waals surface area (Å²) in [6.45, 7) is 3.75. The molecule has 0 heterocycles. The summed E-state index contributed by atoms with van der Waals surface area (Å²) >= 11 is 5.80. The zero-order chi connectivity index (χ0) is 13.0. The summed E-state index contributed by atoms with van der Waals surface area (Å²) in [5.74, 6) is 0.151. The molecule has 0 bridgehead atoms. The molecule has 2 N–H and O–H groups in total. The largest absolute Gasteiger partial charge is 0.394 e. The highest BCUT2D eigenvalue weighted by atomic mass is 35.5. The fraction of sp³-hybridized carbons (Fsp3) is 0.455. The van der Waals surface area contributed by atoms with E-state index in [-0.39, 0.29) is 24.3 Å². The molecule has 0 saturated carbocycles. The summed E-state index contributed by atoms with van der Waals surface area (Å²) in [6.07, 6.45) is 0. The van der Waals surface area contributed by atoms with Gasteiger partial charge in [0.2, 0.25) is 0 Å². The van der Waals surface area contributed by atoms with Crippen molar-refractivity contribution >= 4 is 23.0 Å². The van der Waals surface area contributed by atoms with Gasteiger partial charge in [0, 0.05) is 11.1 Å². The summed E-state index contributed by atoms with van der Waals surface area (Å²) in [6, 6.07) is 4.06. The minimum atomic E-state index is -0.479. The van der Waals surface area contributed by atoms with Gasteiger partial charge in [0.15, 0.2) is 0 Å². The van der Waals surface area contributed by atoms with Crippen molar-refractivity contribution in [3.63, 3.8) is 0 Å². The van der Waals surface area contributed by atoms with Gasteiger partial charge in [-0.05, 0) is 18.1 Å². The fourth-order valence-corrected chi connectivity index (χ4v) is 1.58. The van der Waals surface area contributed by atoms with Crippen LogP contribution >= 0.6 is 11.6 Å². The second-order valence-electron chi connectivity index (χ2n) is 4.10. The number of rotatable bonds is 5. The van der Waals surface area contributed by atoms with Crippen molar-refractivity contribution in [3.05, 3.63) is 33.3 Å². The number of benzene rings is 1. The van der Waals surface area contributed by atoms with Gasteiger partial charge in [0.25, 0.3) is 5.69 Å². The van der Waals surface area contributed by atoms with Gasteiger partial charge in [-0.2, -0.15) is 0 Å². The third-order valence-electron chi connectivity index (χ3n) is 2.50. The molecule has 1 aromatic carbocycles.